The van der Waals surface area contributed by atoms with Crippen LogP contribution in [0.3, 0.4) is 0 Å². The molecular weight excluding hydrogens is 368 g/mol. The topological polar surface area (TPSA) is 81.8 Å². The number of benzene rings is 3. The van der Waals surface area contributed by atoms with E-state index >= 15 is 0 Å². The standard InChI is InChI=1S/C23H20N2O4/c1-29-21-12-10-18(11-13-21)22(24-16-17-6-3-2-4-7-17)15-23(26)19-8-5-9-20(14-19)25(27)28/h2-14H,15-16H2,1H3. The Morgan fingerprint density at radius 3 is 2.34 bits per heavy atom. The Morgan fingerprint density at radius 1 is 0.966 bits per heavy atom. The molecular formula is C23H20N2O4. The lowest BCUT2D eigenvalue weighted by atomic mass is 10.00. The molecule has 0 heterocycles. The van der Waals surface area contributed by atoms with E-state index in [4.69, 9.17) is 4.74 Å². The summed E-state index contributed by atoms with van der Waals surface area (Å²) in [4.78, 5) is 28.0. The van der Waals surface area contributed by atoms with E-state index < -0.39 is 4.92 Å². The van der Waals surface area contributed by atoms with Gasteiger partial charge in [-0.15, -0.1) is 0 Å². The van der Waals surface area contributed by atoms with Crippen molar-refractivity contribution < 1.29 is 14.5 Å². The van der Waals surface area contributed by atoms with E-state index in [1.54, 1.807) is 13.2 Å². The molecule has 3 aromatic rings. The highest BCUT2D eigenvalue weighted by molar-refractivity contribution is 6.16. The number of rotatable bonds is 8. The van der Waals surface area contributed by atoms with Gasteiger partial charge in [-0.05, 0) is 35.4 Å². The van der Waals surface area contributed by atoms with Crippen LogP contribution in [-0.4, -0.2) is 23.5 Å². The Kier molecular flexibility index (Phi) is 6.47. The molecule has 0 bridgehead atoms. The molecule has 146 valence electrons. The van der Waals surface area contributed by atoms with Crippen molar-refractivity contribution in [2.75, 3.05) is 7.11 Å². The Morgan fingerprint density at radius 2 is 1.69 bits per heavy atom. The monoisotopic (exact) mass is 388 g/mol. The number of methoxy groups -OCH3 is 1. The van der Waals surface area contributed by atoms with E-state index in [2.05, 4.69) is 4.99 Å². The quantitative estimate of drug-likeness (QED) is 0.239. The van der Waals surface area contributed by atoms with Crippen molar-refractivity contribution in [2.45, 2.75) is 13.0 Å². The average Bonchev–Trinajstić information content (AvgIpc) is 2.77. The van der Waals surface area contributed by atoms with Gasteiger partial charge in [0.1, 0.15) is 5.75 Å². The molecule has 0 unspecified atom stereocenters. The van der Waals surface area contributed by atoms with Gasteiger partial charge in [-0.3, -0.25) is 19.9 Å². The number of aliphatic imine (C=N–C) groups is 1. The van der Waals surface area contributed by atoms with Crippen molar-refractivity contribution in [2.24, 2.45) is 4.99 Å². The molecule has 6 heteroatoms. The molecule has 0 saturated carbocycles. The molecule has 29 heavy (non-hydrogen) atoms. The SMILES string of the molecule is COc1ccc(C(CC(=O)c2cccc([N+](=O)[O-])c2)=NCc2ccccc2)cc1. The zero-order chi connectivity index (χ0) is 20.6. The van der Waals surface area contributed by atoms with Gasteiger partial charge in [-0.25, -0.2) is 0 Å². The maximum atomic E-state index is 12.8. The highest BCUT2D eigenvalue weighted by Gasteiger charge is 2.15. The van der Waals surface area contributed by atoms with E-state index in [0.29, 0.717) is 23.6 Å². The lowest BCUT2D eigenvalue weighted by molar-refractivity contribution is -0.384. The van der Waals surface area contributed by atoms with Crippen LogP contribution in [0.5, 0.6) is 5.75 Å². The first-order valence-corrected chi connectivity index (χ1v) is 9.06. The molecule has 0 radical (unpaired) electrons. The molecule has 0 N–H and O–H groups in total. The molecule has 6 nitrogen and oxygen atoms in total. The zero-order valence-corrected chi connectivity index (χ0v) is 15.9. The molecule has 0 fully saturated rings. The van der Waals surface area contributed by atoms with Crippen LogP contribution < -0.4 is 4.74 Å². The fraction of sp³-hybridized carbons (Fsp3) is 0.130. The van der Waals surface area contributed by atoms with Crippen molar-refractivity contribution in [3.05, 3.63) is 106 Å². The van der Waals surface area contributed by atoms with Gasteiger partial charge in [0, 0.05) is 17.7 Å². The third-order valence-electron chi connectivity index (χ3n) is 4.43. The summed E-state index contributed by atoms with van der Waals surface area (Å²) in [6.45, 7) is 0.435. The molecule has 3 rings (SSSR count). The molecule has 0 atom stereocenters. The predicted molar refractivity (Wildman–Crippen MR) is 112 cm³/mol. The summed E-state index contributed by atoms with van der Waals surface area (Å²) in [6.07, 6.45) is 0.0420. The number of hydrogen-bond acceptors (Lipinski definition) is 5. The number of ether oxygens (including phenoxy) is 1. The second-order valence-electron chi connectivity index (χ2n) is 6.38. The predicted octanol–water partition coefficient (Wildman–Crippen LogP) is 4.87. The van der Waals surface area contributed by atoms with Crippen LogP contribution in [0.15, 0.2) is 83.9 Å². The van der Waals surface area contributed by atoms with Crippen molar-refractivity contribution in [3.8, 4) is 5.75 Å². The van der Waals surface area contributed by atoms with Crippen LogP contribution in [-0.2, 0) is 6.54 Å². The van der Waals surface area contributed by atoms with Crippen LogP contribution in [0, 0.1) is 10.1 Å². The summed E-state index contributed by atoms with van der Waals surface area (Å²) in [7, 11) is 1.59. The van der Waals surface area contributed by atoms with Gasteiger partial charge >= 0.3 is 0 Å². The summed E-state index contributed by atoms with van der Waals surface area (Å²) in [5.74, 6) is 0.484. The first-order valence-electron chi connectivity index (χ1n) is 9.06. The third-order valence-corrected chi connectivity index (χ3v) is 4.43. The van der Waals surface area contributed by atoms with E-state index in [1.807, 2.05) is 54.6 Å². The molecule has 0 spiro atoms. The third kappa shape index (κ3) is 5.35. The lowest BCUT2D eigenvalue weighted by Crippen LogP contribution is -2.11. The fourth-order valence-corrected chi connectivity index (χ4v) is 2.85. The van der Waals surface area contributed by atoms with Crippen LogP contribution in [0.1, 0.15) is 27.9 Å². The van der Waals surface area contributed by atoms with Crippen LogP contribution in [0.25, 0.3) is 0 Å². The summed E-state index contributed by atoms with van der Waals surface area (Å²) < 4.78 is 5.19. The normalized spacial score (nSPS) is 11.1. The molecule has 0 amide bonds. The first kappa shape index (κ1) is 19.9. The molecule has 0 saturated heterocycles. The summed E-state index contributed by atoms with van der Waals surface area (Å²) in [5.41, 5.74) is 2.64. The lowest BCUT2D eigenvalue weighted by Gasteiger charge is -2.09. The van der Waals surface area contributed by atoms with E-state index in [-0.39, 0.29) is 17.9 Å². The van der Waals surface area contributed by atoms with E-state index in [9.17, 15) is 14.9 Å². The highest BCUT2D eigenvalue weighted by Crippen LogP contribution is 2.18. The number of non-ortho nitro benzene ring substituents is 1. The number of nitro groups is 1. The smallest absolute Gasteiger partial charge is 0.270 e. The number of carbonyl (C=O) groups is 1. The number of carbonyl (C=O) groups excluding carboxylic acids is 1. The molecule has 3 aromatic carbocycles. The first-order chi connectivity index (χ1) is 14.1. The number of nitrogens with zero attached hydrogens (tertiary/aromatic N) is 2. The molecule has 0 aliphatic carbocycles. The van der Waals surface area contributed by atoms with Gasteiger partial charge in [0.05, 0.1) is 30.7 Å². The highest BCUT2D eigenvalue weighted by atomic mass is 16.6. The fourth-order valence-electron chi connectivity index (χ4n) is 2.85. The number of hydrogen-bond donors (Lipinski definition) is 0. The maximum absolute atomic E-state index is 12.8. The van der Waals surface area contributed by atoms with Crippen LogP contribution in [0.4, 0.5) is 5.69 Å². The Labute approximate surface area is 168 Å². The van der Waals surface area contributed by atoms with Crippen molar-refractivity contribution >= 4 is 17.2 Å². The number of ketones is 1. The van der Waals surface area contributed by atoms with Crippen molar-refractivity contribution in [3.63, 3.8) is 0 Å². The Hall–Kier alpha value is -3.80. The van der Waals surface area contributed by atoms with E-state index in [0.717, 1.165) is 11.1 Å². The summed E-state index contributed by atoms with van der Waals surface area (Å²) in [5, 5.41) is 11.0. The Bertz CT molecular complexity index is 1030. The second kappa shape index (κ2) is 9.41. The molecule has 0 aromatic heterocycles. The number of nitro benzene ring substituents is 1. The van der Waals surface area contributed by atoms with Gasteiger partial charge in [-0.1, -0.05) is 42.5 Å². The van der Waals surface area contributed by atoms with Crippen molar-refractivity contribution in [1.29, 1.82) is 0 Å². The van der Waals surface area contributed by atoms with Gasteiger partial charge in [0.25, 0.3) is 5.69 Å². The zero-order valence-electron chi connectivity index (χ0n) is 15.9. The minimum atomic E-state index is -0.509. The largest absolute Gasteiger partial charge is 0.497 e. The minimum Gasteiger partial charge on any atom is -0.497 e. The van der Waals surface area contributed by atoms with Crippen molar-refractivity contribution in [1.82, 2.24) is 0 Å². The average molecular weight is 388 g/mol. The summed E-state index contributed by atoms with van der Waals surface area (Å²) >= 11 is 0. The van der Waals surface area contributed by atoms with Crippen LogP contribution in [0.2, 0.25) is 0 Å². The molecule has 0 aliphatic rings. The Balaban J connectivity index is 1.88. The van der Waals surface area contributed by atoms with Gasteiger partial charge in [-0.2, -0.15) is 0 Å². The van der Waals surface area contributed by atoms with E-state index in [1.165, 1.54) is 18.2 Å². The number of Topliss-reactive ketones (excluding diaryl/α,β-unsaturated/α-hetero) is 1. The maximum Gasteiger partial charge on any atom is 0.270 e. The van der Waals surface area contributed by atoms with Gasteiger partial charge in [0.15, 0.2) is 5.78 Å². The van der Waals surface area contributed by atoms with Crippen LogP contribution >= 0.6 is 0 Å². The summed E-state index contributed by atoms with van der Waals surface area (Å²) in [6, 6.07) is 22.8. The van der Waals surface area contributed by atoms with Gasteiger partial charge < -0.3 is 4.74 Å². The van der Waals surface area contributed by atoms with Gasteiger partial charge in [0.2, 0.25) is 0 Å². The minimum absolute atomic E-state index is 0.0420. The molecule has 0 aliphatic heterocycles. The second-order valence-corrected chi connectivity index (χ2v) is 6.38.